The Kier molecular flexibility index (Phi) is 3.58. The van der Waals surface area contributed by atoms with Gasteiger partial charge in [-0.05, 0) is 42.0 Å². The number of aromatic nitrogens is 4. The minimum absolute atomic E-state index is 0.291. The van der Waals surface area contributed by atoms with Gasteiger partial charge >= 0.3 is 0 Å². The highest BCUT2D eigenvalue weighted by molar-refractivity contribution is 7.90. The van der Waals surface area contributed by atoms with E-state index in [9.17, 15) is 8.42 Å². The summed E-state index contributed by atoms with van der Waals surface area (Å²) in [6.45, 7) is 0. The summed E-state index contributed by atoms with van der Waals surface area (Å²) in [6.07, 6.45) is 4.72. The molecule has 124 valence electrons. The van der Waals surface area contributed by atoms with Gasteiger partial charge in [-0.2, -0.15) is 0 Å². The summed E-state index contributed by atoms with van der Waals surface area (Å²) in [5.74, 6) is 0.542. The lowest BCUT2D eigenvalue weighted by molar-refractivity contribution is 0.602. The van der Waals surface area contributed by atoms with Crippen LogP contribution in [0.4, 0.5) is 0 Å². The second kappa shape index (κ2) is 5.78. The van der Waals surface area contributed by atoms with E-state index in [0.29, 0.717) is 22.1 Å². The van der Waals surface area contributed by atoms with Gasteiger partial charge in [0.1, 0.15) is 5.69 Å². The van der Waals surface area contributed by atoms with Crippen LogP contribution in [0, 0.1) is 0 Å². The summed E-state index contributed by atoms with van der Waals surface area (Å²) in [4.78, 5) is 9.17. The van der Waals surface area contributed by atoms with E-state index in [1.165, 1.54) is 6.26 Å². The van der Waals surface area contributed by atoms with E-state index in [1.54, 1.807) is 35.0 Å². The van der Waals surface area contributed by atoms with Gasteiger partial charge in [0.15, 0.2) is 15.5 Å². The van der Waals surface area contributed by atoms with Gasteiger partial charge in [0.2, 0.25) is 5.82 Å². The Morgan fingerprint density at radius 3 is 2.44 bits per heavy atom. The van der Waals surface area contributed by atoms with Crippen molar-refractivity contribution < 1.29 is 8.42 Å². The Morgan fingerprint density at radius 1 is 0.960 bits per heavy atom. The smallest absolute Gasteiger partial charge is 0.200 e. The van der Waals surface area contributed by atoms with Gasteiger partial charge in [-0.15, -0.1) is 5.10 Å². The van der Waals surface area contributed by atoms with Crippen molar-refractivity contribution in [2.75, 3.05) is 6.26 Å². The lowest BCUT2D eigenvalue weighted by Crippen LogP contribution is -1.96. The zero-order valence-corrected chi connectivity index (χ0v) is 14.2. The van der Waals surface area contributed by atoms with Crippen molar-refractivity contribution in [2.24, 2.45) is 0 Å². The third-order valence-electron chi connectivity index (χ3n) is 3.85. The second-order valence-electron chi connectivity index (χ2n) is 5.64. The number of nitrogens with zero attached hydrogens (tertiary/aromatic N) is 4. The standard InChI is InChI=1S/C18H14N4O2S/c1-25(23,24)14-9-7-13(8-10-14)15-5-4-12-22-18(15)20-17(21-22)16-6-2-3-11-19-16/h2-12H,1H3. The summed E-state index contributed by atoms with van der Waals surface area (Å²) >= 11 is 0. The predicted octanol–water partition coefficient (Wildman–Crippen LogP) is 2.86. The molecule has 25 heavy (non-hydrogen) atoms. The molecule has 0 spiro atoms. The highest BCUT2D eigenvalue weighted by Gasteiger charge is 2.13. The van der Waals surface area contributed by atoms with Crippen LogP contribution in [0.2, 0.25) is 0 Å². The average Bonchev–Trinajstić information content (AvgIpc) is 3.06. The van der Waals surface area contributed by atoms with Gasteiger partial charge in [0.25, 0.3) is 0 Å². The molecule has 0 aliphatic carbocycles. The zero-order chi connectivity index (χ0) is 17.4. The number of fused-ring (bicyclic) bond motifs is 1. The molecule has 0 saturated carbocycles. The van der Waals surface area contributed by atoms with Gasteiger partial charge < -0.3 is 0 Å². The second-order valence-corrected chi connectivity index (χ2v) is 7.65. The highest BCUT2D eigenvalue weighted by atomic mass is 32.2. The minimum atomic E-state index is -3.22. The Balaban J connectivity index is 1.84. The van der Waals surface area contributed by atoms with E-state index in [2.05, 4.69) is 15.1 Å². The van der Waals surface area contributed by atoms with Crippen molar-refractivity contribution >= 4 is 15.5 Å². The van der Waals surface area contributed by atoms with Crippen LogP contribution in [-0.2, 0) is 9.84 Å². The third-order valence-corrected chi connectivity index (χ3v) is 4.98. The van der Waals surface area contributed by atoms with Crippen molar-refractivity contribution in [1.29, 1.82) is 0 Å². The number of hydrogen-bond donors (Lipinski definition) is 0. The first-order chi connectivity index (χ1) is 12.0. The molecule has 3 aromatic heterocycles. The van der Waals surface area contributed by atoms with E-state index < -0.39 is 9.84 Å². The summed E-state index contributed by atoms with van der Waals surface area (Å²) in [7, 11) is -3.22. The maximum Gasteiger partial charge on any atom is 0.200 e. The molecule has 6 nitrogen and oxygen atoms in total. The molecule has 7 heteroatoms. The van der Waals surface area contributed by atoms with Gasteiger partial charge in [0, 0.05) is 24.2 Å². The summed E-state index contributed by atoms with van der Waals surface area (Å²) in [5, 5.41) is 4.47. The third kappa shape index (κ3) is 2.89. The van der Waals surface area contributed by atoms with Gasteiger partial charge in [-0.1, -0.05) is 18.2 Å². The molecule has 0 N–H and O–H groups in total. The molecule has 0 aliphatic heterocycles. The number of hydrogen-bond acceptors (Lipinski definition) is 5. The summed E-state index contributed by atoms with van der Waals surface area (Å²) in [6, 6.07) is 16.2. The molecule has 1 aromatic carbocycles. The van der Waals surface area contributed by atoms with Crippen molar-refractivity contribution in [3.05, 3.63) is 67.0 Å². The van der Waals surface area contributed by atoms with Crippen LogP contribution in [0.1, 0.15) is 0 Å². The normalized spacial score (nSPS) is 11.7. The Morgan fingerprint density at radius 2 is 1.76 bits per heavy atom. The first-order valence-corrected chi connectivity index (χ1v) is 9.49. The van der Waals surface area contributed by atoms with Crippen LogP contribution >= 0.6 is 0 Å². The minimum Gasteiger partial charge on any atom is -0.253 e. The topological polar surface area (TPSA) is 77.2 Å². The van der Waals surface area contributed by atoms with Crippen LogP contribution in [0.25, 0.3) is 28.3 Å². The van der Waals surface area contributed by atoms with Gasteiger partial charge in [0.05, 0.1) is 4.90 Å². The maximum atomic E-state index is 11.6. The molecule has 0 atom stereocenters. The Labute approximate surface area is 144 Å². The van der Waals surface area contributed by atoms with Gasteiger partial charge in [-0.3, -0.25) is 4.98 Å². The maximum absolute atomic E-state index is 11.6. The lowest BCUT2D eigenvalue weighted by atomic mass is 10.1. The highest BCUT2D eigenvalue weighted by Crippen LogP contribution is 2.26. The first-order valence-electron chi connectivity index (χ1n) is 7.60. The number of rotatable bonds is 3. The summed E-state index contributed by atoms with van der Waals surface area (Å²) < 4.78 is 24.9. The molecular formula is C18H14N4O2S. The molecule has 0 saturated heterocycles. The Hall–Kier alpha value is -3.06. The van der Waals surface area contributed by atoms with E-state index in [4.69, 9.17) is 0 Å². The van der Waals surface area contributed by atoms with Crippen molar-refractivity contribution in [3.63, 3.8) is 0 Å². The first kappa shape index (κ1) is 15.5. The monoisotopic (exact) mass is 350 g/mol. The van der Waals surface area contributed by atoms with E-state index in [1.807, 2.05) is 36.5 Å². The molecule has 4 rings (SSSR count). The van der Waals surface area contributed by atoms with Crippen molar-refractivity contribution in [3.8, 4) is 22.6 Å². The molecule has 4 aromatic rings. The number of sulfone groups is 1. The van der Waals surface area contributed by atoms with Crippen LogP contribution in [0.5, 0.6) is 0 Å². The average molecular weight is 350 g/mol. The summed E-state index contributed by atoms with van der Waals surface area (Å²) in [5.41, 5.74) is 3.13. The molecule has 0 amide bonds. The van der Waals surface area contributed by atoms with E-state index >= 15 is 0 Å². The van der Waals surface area contributed by atoms with E-state index in [0.717, 1.165) is 11.1 Å². The molecule has 0 bridgehead atoms. The molecule has 3 heterocycles. The molecule has 0 unspecified atom stereocenters. The fourth-order valence-electron chi connectivity index (χ4n) is 2.62. The number of benzene rings is 1. The fraction of sp³-hybridized carbons (Fsp3) is 0.0556. The van der Waals surface area contributed by atoms with Crippen LogP contribution in [0.15, 0.2) is 71.9 Å². The number of pyridine rings is 2. The van der Waals surface area contributed by atoms with Gasteiger partial charge in [-0.25, -0.2) is 17.9 Å². The zero-order valence-electron chi connectivity index (χ0n) is 13.4. The molecule has 0 aliphatic rings. The van der Waals surface area contributed by atoms with Crippen molar-refractivity contribution in [1.82, 2.24) is 19.6 Å². The molecule has 0 radical (unpaired) electrons. The Bertz CT molecular complexity index is 1150. The van der Waals surface area contributed by atoms with Crippen LogP contribution in [-0.4, -0.2) is 34.3 Å². The van der Waals surface area contributed by atoms with Crippen LogP contribution < -0.4 is 0 Å². The molecule has 0 fully saturated rings. The van der Waals surface area contributed by atoms with Crippen LogP contribution in [0.3, 0.4) is 0 Å². The molecular weight excluding hydrogens is 336 g/mol. The fourth-order valence-corrected chi connectivity index (χ4v) is 3.25. The SMILES string of the molecule is CS(=O)(=O)c1ccc(-c2cccn3nc(-c4ccccn4)nc23)cc1. The van der Waals surface area contributed by atoms with E-state index in [-0.39, 0.29) is 0 Å². The predicted molar refractivity (Wildman–Crippen MR) is 94.8 cm³/mol. The largest absolute Gasteiger partial charge is 0.253 e. The lowest BCUT2D eigenvalue weighted by Gasteiger charge is -2.04. The quantitative estimate of drug-likeness (QED) is 0.568. The van der Waals surface area contributed by atoms with Crippen molar-refractivity contribution in [2.45, 2.75) is 4.90 Å².